The second-order valence-corrected chi connectivity index (χ2v) is 5.74. The lowest BCUT2D eigenvalue weighted by Gasteiger charge is -2.34. The molecule has 2 fully saturated rings. The molecule has 2 atom stereocenters. The van der Waals surface area contributed by atoms with Crippen molar-refractivity contribution in [3.8, 4) is 0 Å². The Morgan fingerprint density at radius 1 is 1.44 bits per heavy atom. The Kier molecular flexibility index (Phi) is 6.70. The van der Waals surface area contributed by atoms with Crippen LogP contribution in [0, 0.1) is 5.92 Å². The van der Waals surface area contributed by atoms with Gasteiger partial charge in [-0.15, -0.1) is 24.0 Å². The van der Waals surface area contributed by atoms with Crippen LogP contribution in [0.25, 0.3) is 0 Å². The smallest absolute Gasteiger partial charge is 0.188 e. The summed E-state index contributed by atoms with van der Waals surface area (Å²) in [4.78, 5) is 6.99. The fourth-order valence-corrected chi connectivity index (χ4v) is 2.45. The molecule has 0 spiro atoms. The van der Waals surface area contributed by atoms with Gasteiger partial charge in [-0.3, -0.25) is 9.89 Å². The summed E-state index contributed by atoms with van der Waals surface area (Å²) >= 11 is 0. The number of aliphatic imine (C=N–C) groups is 1. The van der Waals surface area contributed by atoms with Crippen LogP contribution in [0.3, 0.4) is 0 Å². The number of rotatable bonds is 4. The van der Waals surface area contributed by atoms with Crippen LogP contribution in [0.15, 0.2) is 4.99 Å². The third-order valence-corrected chi connectivity index (χ3v) is 3.77. The van der Waals surface area contributed by atoms with Crippen LogP contribution >= 0.6 is 24.0 Å². The molecule has 1 saturated carbocycles. The predicted molar refractivity (Wildman–Crippen MR) is 87.5 cm³/mol. The summed E-state index contributed by atoms with van der Waals surface area (Å²) in [5.74, 6) is 1.46. The third kappa shape index (κ3) is 5.30. The van der Waals surface area contributed by atoms with Gasteiger partial charge in [-0.2, -0.15) is 0 Å². The maximum Gasteiger partial charge on any atom is 0.188 e. The molecule has 1 aliphatic heterocycles. The zero-order valence-corrected chi connectivity index (χ0v) is 13.9. The maximum atomic E-state index is 5.84. The highest BCUT2D eigenvalue weighted by molar-refractivity contribution is 14.0. The number of nitrogens with one attached hydrogen (secondary N) is 1. The van der Waals surface area contributed by atoms with Crippen LogP contribution in [-0.4, -0.2) is 42.6 Å². The van der Waals surface area contributed by atoms with Gasteiger partial charge in [0.25, 0.3) is 0 Å². The molecule has 1 heterocycles. The van der Waals surface area contributed by atoms with Gasteiger partial charge < -0.3 is 11.1 Å². The van der Waals surface area contributed by atoms with Crippen molar-refractivity contribution in [3.63, 3.8) is 0 Å². The molecule has 18 heavy (non-hydrogen) atoms. The van der Waals surface area contributed by atoms with E-state index >= 15 is 0 Å². The molecule has 0 amide bonds. The molecule has 0 bridgehead atoms. The number of nitrogens with two attached hydrogens (primary N) is 1. The van der Waals surface area contributed by atoms with E-state index in [9.17, 15) is 0 Å². The van der Waals surface area contributed by atoms with E-state index in [1.165, 1.54) is 38.8 Å². The zero-order valence-electron chi connectivity index (χ0n) is 11.6. The number of halogens is 1. The van der Waals surface area contributed by atoms with Crippen molar-refractivity contribution in [1.82, 2.24) is 10.2 Å². The Labute approximate surface area is 128 Å². The maximum absolute atomic E-state index is 5.84. The molecule has 0 radical (unpaired) electrons. The van der Waals surface area contributed by atoms with Gasteiger partial charge in [0, 0.05) is 18.6 Å². The molecule has 1 saturated heterocycles. The minimum Gasteiger partial charge on any atom is -0.370 e. The first-order valence-corrected chi connectivity index (χ1v) is 6.95. The number of piperidine rings is 1. The Hall–Kier alpha value is -0.0400. The van der Waals surface area contributed by atoms with Crippen LogP contribution in [-0.2, 0) is 0 Å². The van der Waals surface area contributed by atoms with Crippen LogP contribution in [0.4, 0.5) is 0 Å². The van der Waals surface area contributed by atoms with Crippen molar-refractivity contribution in [2.45, 2.75) is 51.6 Å². The quantitative estimate of drug-likeness (QED) is 0.453. The molecule has 1 aliphatic carbocycles. The lowest BCUT2D eigenvalue weighted by Crippen LogP contribution is -2.43. The first-order chi connectivity index (χ1) is 8.15. The molecule has 2 rings (SSSR count). The fraction of sp³-hybridized carbons (Fsp3) is 0.923. The second-order valence-electron chi connectivity index (χ2n) is 5.74. The Balaban J connectivity index is 0.00000162. The minimum atomic E-state index is 0. The molecule has 4 nitrogen and oxygen atoms in total. The standard InChI is InChI=1S/C13H26N4.HI/c1-10-4-3-7-17(9-10)11(2)8-15-13(14)16-12-5-6-12;/h10-12H,3-9H2,1-2H3,(H3,14,15,16);1H. The highest BCUT2D eigenvalue weighted by Gasteiger charge is 2.22. The summed E-state index contributed by atoms with van der Waals surface area (Å²) in [5.41, 5.74) is 5.84. The molecule has 3 N–H and O–H groups in total. The van der Waals surface area contributed by atoms with Crippen molar-refractivity contribution in [2.75, 3.05) is 19.6 Å². The lowest BCUT2D eigenvalue weighted by molar-refractivity contribution is 0.142. The van der Waals surface area contributed by atoms with Gasteiger partial charge in [-0.25, -0.2) is 0 Å². The van der Waals surface area contributed by atoms with Gasteiger partial charge in [0.1, 0.15) is 0 Å². The second kappa shape index (κ2) is 7.53. The van der Waals surface area contributed by atoms with E-state index < -0.39 is 0 Å². The summed E-state index contributed by atoms with van der Waals surface area (Å²) in [6, 6.07) is 1.11. The highest BCUT2D eigenvalue weighted by Crippen LogP contribution is 2.19. The first-order valence-electron chi connectivity index (χ1n) is 6.95. The Morgan fingerprint density at radius 2 is 2.17 bits per heavy atom. The van der Waals surface area contributed by atoms with Gasteiger partial charge >= 0.3 is 0 Å². The van der Waals surface area contributed by atoms with Crippen LogP contribution in [0.2, 0.25) is 0 Å². The average molecular weight is 366 g/mol. The van der Waals surface area contributed by atoms with Gasteiger partial charge in [0.15, 0.2) is 5.96 Å². The van der Waals surface area contributed by atoms with Crippen molar-refractivity contribution in [1.29, 1.82) is 0 Å². The molecule has 106 valence electrons. The van der Waals surface area contributed by atoms with E-state index in [1.807, 2.05) is 0 Å². The molecule has 0 aromatic carbocycles. The van der Waals surface area contributed by atoms with E-state index in [-0.39, 0.29) is 24.0 Å². The number of hydrogen-bond donors (Lipinski definition) is 2. The van der Waals surface area contributed by atoms with E-state index in [0.717, 1.165) is 12.5 Å². The molecule has 0 aromatic rings. The molecular formula is C13H27IN4. The topological polar surface area (TPSA) is 53.6 Å². The van der Waals surface area contributed by atoms with Gasteiger partial charge in [0.2, 0.25) is 0 Å². The summed E-state index contributed by atoms with van der Waals surface area (Å²) in [7, 11) is 0. The van der Waals surface area contributed by atoms with E-state index in [2.05, 4.69) is 29.1 Å². The molecule has 0 aromatic heterocycles. The minimum absolute atomic E-state index is 0. The number of likely N-dealkylation sites (tertiary alicyclic amines) is 1. The van der Waals surface area contributed by atoms with Crippen molar-refractivity contribution in [2.24, 2.45) is 16.6 Å². The van der Waals surface area contributed by atoms with E-state index in [4.69, 9.17) is 5.73 Å². The van der Waals surface area contributed by atoms with Crippen molar-refractivity contribution < 1.29 is 0 Å². The lowest BCUT2D eigenvalue weighted by atomic mass is 9.99. The van der Waals surface area contributed by atoms with Crippen molar-refractivity contribution >= 4 is 29.9 Å². The summed E-state index contributed by atoms with van der Waals surface area (Å²) in [6.07, 6.45) is 5.19. The van der Waals surface area contributed by atoms with Crippen molar-refractivity contribution in [3.05, 3.63) is 0 Å². The van der Waals surface area contributed by atoms with Gasteiger partial charge in [-0.05, 0) is 45.1 Å². The normalized spacial score (nSPS) is 27.4. The molecule has 5 heteroatoms. The summed E-state index contributed by atoms with van der Waals surface area (Å²) < 4.78 is 0. The van der Waals surface area contributed by atoms with E-state index in [1.54, 1.807) is 0 Å². The number of guanidine groups is 1. The zero-order chi connectivity index (χ0) is 12.3. The Bertz CT molecular complexity index is 278. The summed E-state index contributed by atoms with van der Waals surface area (Å²) in [5, 5.41) is 3.23. The monoisotopic (exact) mass is 366 g/mol. The number of nitrogens with zero attached hydrogens (tertiary/aromatic N) is 2. The highest BCUT2D eigenvalue weighted by atomic mass is 127. The number of hydrogen-bond acceptors (Lipinski definition) is 2. The van der Waals surface area contributed by atoms with Crippen LogP contribution in [0.1, 0.15) is 39.5 Å². The third-order valence-electron chi connectivity index (χ3n) is 3.77. The van der Waals surface area contributed by atoms with Gasteiger partial charge in [0.05, 0.1) is 6.54 Å². The summed E-state index contributed by atoms with van der Waals surface area (Å²) in [6.45, 7) is 7.85. The predicted octanol–water partition coefficient (Wildman–Crippen LogP) is 1.79. The fourth-order valence-electron chi connectivity index (χ4n) is 2.45. The molecule has 2 aliphatic rings. The average Bonchev–Trinajstić information content (AvgIpc) is 3.10. The Morgan fingerprint density at radius 3 is 2.78 bits per heavy atom. The first kappa shape index (κ1) is 16.0. The van der Waals surface area contributed by atoms with Crippen LogP contribution in [0.5, 0.6) is 0 Å². The molecular weight excluding hydrogens is 339 g/mol. The van der Waals surface area contributed by atoms with Gasteiger partial charge in [-0.1, -0.05) is 6.92 Å². The largest absolute Gasteiger partial charge is 0.370 e. The van der Waals surface area contributed by atoms with Crippen LogP contribution < -0.4 is 11.1 Å². The SMILES string of the molecule is CC1CCCN(C(C)CN=C(N)NC2CC2)C1.I. The van der Waals surface area contributed by atoms with E-state index in [0.29, 0.717) is 18.0 Å². The molecule has 2 unspecified atom stereocenters.